The molecule has 0 saturated carbocycles. The van der Waals surface area contributed by atoms with Gasteiger partial charge in [0.1, 0.15) is 5.75 Å². The molecule has 4 nitrogen and oxygen atoms in total. The zero-order valence-corrected chi connectivity index (χ0v) is 18.3. The van der Waals surface area contributed by atoms with Crippen LogP contribution in [-0.4, -0.2) is 68.6 Å². The molecule has 0 N–H and O–H groups in total. The molecule has 0 bridgehead atoms. The van der Waals surface area contributed by atoms with Gasteiger partial charge in [0.05, 0.1) is 13.2 Å². The van der Waals surface area contributed by atoms with Crippen molar-refractivity contribution in [3.8, 4) is 5.75 Å². The van der Waals surface area contributed by atoms with Crippen LogP contribution < -0.4 is 4.74 Å². The molecule has 1 aromatic carbocycles. The molecular weight excluding hydrogens is 477 g/mol. The van der Waals surface area contributed by atoms with Gasteiger partial charge in [-0.05, 0) is 18.2 Å². The minimum atomic E-state index is 0. The molecular formula is C15H25BrIN3OS. The van der Waals surface area contributed by atoms with Crippen LogP contribution in [0.1, 0.15) is 0 Å². The van der Waals surface area contributed by atoms with E-state index in [0.29, 0.717) is 0 Å². The maximum Gasteiger partial charge on any atom is 0.195 e. The Hall–Kier alpha value is -0.150. The molecule has 0 spiro atoms. The zero-order chi connectivity index (χ0) is 15.7. The molecule has 126 valence electrons. The number of benzene rings is 1. The Morgan fingerprint density at radius 3 is 2.45 bits per heavy atom. The fourth-order valence-electron chi connectivity index (χ4n) is 1.77. The van der Waals surface area contributed by atoms with Crippen molar-refractivity contribution < 1.29 is 4.74 Å². The van der Waals surface area contributed by atoms with E-state index < -0.39 is 0 Å². The number of hydrogen-bond donors (Lipinski definition) is 0. The number of rotatable bonds is 7. The van der Waals surface area contributed by atoms with Crippen molar-refractivity contribution in [1.82, 2.24) is 9.80 Å². The smallest absolute Gasteiger partial charge is 0.195 e. The molecule has 7 heteroatoms. The third-order valence-corrected chi connectivity index (χ3v) is 4.00. The van der Waals surface area contributed by atoms with Gasteiger partial charge in [-0.15, -0.1) is 24.0 Å². The molecule has 0 aliphatic carbocycles. The van der Waals surface area contributed by atoms with Gasteiger partial charge in [-0.1, -0.05) is 22.0 Å². The lowest BCUT2D eigenvalue weighted by molar-refractivity contribution is 0.344. The molecule has 0 radical (unpaired) electrons. The lowest BCUT2D eigenvalue weighted by Gasteiger charge is -2.22. The number of guanidine groups is 1. The van der Waals surface area contributed by atoms with Gasteiger partial charge in [0.15, 0.2) is 5.96 Å². The van der Waals surface area contributed by atoms with Crippen molar-refractivity contribution in [2.75, 3.05) is 52.8 Å². The highest BCUT2D eigenvalue weighted by atomic mass is 127. The van der Waals surface area contributed by atoms with Gasteiger partial charge in [-0.2, -0.15) is 11.8 Å². The van der Waals surface area contributed by atoms with Crippen LogP contribution in [0.5, 0.6) is 5.75 Å². The summed E-state index contributed by atoms with van der Waals surface area (Å²) in [4.78, 5) is 8.65. The topological polar surface area (TPSA) is 28.1 Å². The summed E-state index contributed by atoms with van der Waals surface area (Å²) in [7, 11) is 8.05. The normalized spacial score (nSPS) is 9.68. The first-order valence-electron chi connectivity index (χ1n) is 6.86. The molecule has 1 rings (SSSR count). The van der Waals surface area contributed by atoms with E-state index in [4.69, 9.17) is 4.74 Å². The van der Waals surface area contributed by atoms with Gasteiger partial charge >= 0.3 is 0 Å². The number of nitrogens with zero attached hydrogens (tertiary/aromatic N) is 3. The van der Waals surface area contributed by atoms with Gasteiger partial charge < -0.3 is 14.5 Å². The molecule has 0 amide bonds. The summed E-state index contributed by atoms with van der Waals surface area (Å²) < 4.78 is 6.73. The number of hydrogen-bond acceptors (Lipinski definition) is 3. The van der Waals surface area contributed by atoms with E-state index in [-0.39, 0.29) is 24.0 Å². The third kappa shape index (κ3) is 9.09. The van der Waals surface area contributed by atoms with Crippen LogP contribution in [0.4, 0.5) is 0 Å². The van der Waals surface area contributed by atoms with Gasteiger partial charge in [0.2, 0.25) is 0 Å². The van der Waals surface area contributed by atoms with E-state index in [9.17, 15) is 0 Å². The van der Waals surface area contributed by atoms with Crippen LogP contribution >= 0.6 is 51.7 Å². The predicted molar refractivity (Wildman–Crippen MR) is 112 cm³/mol. The largest absolute Gasteiger partial charge is 0.493 e. The quantitative estimate of drug-likeness (QED) is 0.247. The van der Waals surface area contributed by atoms with Crippen LogP contribution in [-0.2, 0) is 0 Å². The number of ether oxygens (including phenoxy) is 1. The summed E-state index contributed by atoms with van der Waals surface area (Å²) in [6, 6.07) is 7.92. The summed E-state index contributed by atoms with van der Waals surface area (Å²) in [6.07, 6.45) is 0. The first kappa shape index (κ1) is 21.9. The molecule has 0 aliphatic heterocycles. The van der Waals surface area contributed by atoms with Crippen LogP contribution in [0.25, 0.3) is 0 Å². The van der Waals surface area contributed by atoms with Gasteiger partial charge in [-0.25, -0.2) is 0 Å². The maximum absolute atomic E-state index is 5.69. The first-order valence-corrected chi connectivity index (χ1v) is 8.80. The minimum Gasteiger partial charge on any atom is -0.493 e. The Labute approximate surface area is 163 Å². The Morgan fingerprint density at radius 2 is 1.86 bits per heavy atom. The van der Waals surface area contributed by atoms with Crippen LogP contribution in [0, 0.1) is 0 Å². The number of halogens is 2. The van der Waals surface area contributed by atoms with Crippen molar-refractivity contribution in [2.45, 2.75) is 0 Å². The monoisotopic (exact) mass is 501 g/mol. The second-order valence-corrected chi connectivity index (χ2v) is 7.03. The summed E-state index contributed by atoms with van der Waals surface area (Å²) in [5.74, 6) is 3.89. The SMILES string of the molecule is CN(C)C(=NCCSCCOc1cccc(Br)c1)N(C)C.I. The Bertz CT molecular complexity index is 448. The van der Waals surface area contributed by atoms with E-state index >= 15 is 0 Å². The summed E-state index contributed by atoms with van der Waals surface area (Å²) in [6.45, 7) is 1.55. The molecule has 0 unspecified atom stereocenters. The molecule has 0 saturated heterocycles. The molecule has 0 aromatic heterocycles. The van der Waals surface area contributed by atoms with Gasteiger partial charge in [0, 0.05) is 44.2 Å². The van der Waals surface area contributed by atoms with E-state index in [1.54, 1.807) is 0 Å². The van der Waals surface area contributed by atoms with Crippen molar-refractivity contribution in [3.63, 3.8) is 0 Å². The molecule has 1 aromatic rings. The molecule has 0 heterocycles. The van der Waals surface area contributed by atoms with Crippen molar-refractivity contribution >= 4 is 57.6 Å². The van der Waals surface area contributed by atoms with E-state index in [2.05, 4.69) is 20.9 Å². The average Bonchev–Trinajstić information content (AvgIpc) is 2.41. The number of aliphatic imine (C=N–C) groups is 1. The maximum atomic E-state index is 5.69. The summed E-state index contributed by atoms with van der Waals surface area (Å²) in [5.41, 5.74) is 0. The van der Waals surface area contributed by atoms with E-state index in [0.717, 1.165) is 40.8 Å². The fourth-order valence-corrected chi connectivity index (χ4v) is 2.77. The van der Waals surface area contributed by atoms with E-state index in [1.807, 2.05) is 74.0 Å². The second-order valence-electron chi connectivity index (χ2n) is 4.89. The Kier molecular flexibility index (Phi) is 12.2. The van der Waals surface area contributed by atoms with Crippen molar-refractivity contribution in [2.24, 2.45) is 4.99 Å². The van der Waals surface area contributed by atoms with Gasteiger partial charge in [-0.3, -0.25) is 4.99 Å². The molecule has 0 aliphatic rings. The lowest BCUT2D eigenvalue weighted by atomic mass is 10.3. The standard InChI is InChI=1S/C15H24BrN3OS.HI/c1-18(2)15(19(3)4)17-8-10-21-11-9-20-14-7-5-6-13(16)12-14;/h5-7,12H,8-11H2,1-4H3;1H. The minimum absolute atomic E-state index is 0. The van der Waals surface area contributed by atoms with Crippen molar-refractivity contribution in [3.05, 3.63) is 28.7 Å². The van der Waals surface area contributed by atoms with Gasteiger partial charge in [0.25, 0.3) is 0 Å². The predicted octanol–water partition coefficient (Wildman–Crippen LogP) is 3.66. The van der Waals surface area contributed by atoms with Crippen LogP contribution in [0.3, 0.4) is 0 Å². The molecule has 0 fully saturated rings. The summed E-state index contributed by atoms with van der Waals surface area (Å²) in [5, 5.41) is 0. The molecule has 22 heavy (non-hydrogen) atoms. The highest BCUT2D eigenvalue weighted by Gasteiger charge is 2.02. The Morgan fingerprint density at radius 1 is 1.18 bits per heavy atom. The molecule has 0 atom stereocenters. The van der Waals surface area contributed by atoms with Crippen molar-refractivity contribution in [1.29, 1.82) is 0 Å². The Balaban J connectivity index is 0.00000441. The fraction of sp³-hybridized carbons (Fsp3) is 0.533. The second kappa shape index (κ2) is 12.3. The summed E-state index contributed by atoms with van der Waals surface area (Å²) >= 11 is 5.30. The van der Waals surface area contributed by atoms with Crippen LogP contribution in [0.15, 0.2) is 33.7 Å². The first-order chi connectivity index (χ1) is 10.0. The highest BCUT2D eigenvalue weighted by Crippen LogP contribution is 2.17. The third-order valence-electron chi connectivity index (χ3n) is 2.58. The zero-order valence-electron chi connectivity index (χ0n) is 13.6. The average molecular weight is 502 g/mol. The highest BCUT2D eigenvalue weighted by molar-refractivity contribution is 14.0. The lowest BCUT2D eigenvalue weighted by Crippen LogP contribution is -2.35. The van der Waals surface area contributed by atoms with E-state index in [1.165, 1.54) is 0 Å². The van der Waals surface area contributed by atoms with Crippen LogP contribution in [0.2, 0.25) is 0 Å². The number of thioether (sulfide) groups is 1.